The highest BCUT2D eigenvalue weighted by atomic mass is 19.1. The van der Waals surface area contributed by atoms with E-state index in [-0.39, 0.29) is 18.5 Å². The van der Waals surface area contributed by atoms with Crippen molar-refractivity contribution in [3.63, 3.8) is 0 Å². The Hall–Kier alpha value is -1.53. The molecule has 4 nitrogen and oxygen atoms in total. The zero-order valence-electron chi connectivity index (χ0n) is 10.4. The fourth-order valence-electron chi connectivity index (χ4n) is 2.54. The number of piperidine rings is 1. The SMILES string of the molecule is CN1CC(C(=O)O)C(O)CC1c1c(F)cccc1F. The van der Waals surface area contributed by atoms with Crippen molar-refractivity contribution >= 4 is 5.97 Å². The smallest absolute Gasteiger partial charge is 0.310 e. The Morgan fingerprint density at radius 2 is 1.95 bits per heavy atom. The van der Waals surface area contributed by atoms with E-state index in [1.807, 2.05) is 0 Å². The molecule has 19 heavy (non-hydrogen) atoms. The van der Waals surface area contributed by atoms with E-state index in [9.17, 15) is 18.7 Å². The zero-order valence-corrected chi connectivity index (χ0v) is 10.4. The van der Waals surface area contributed by atoms with Crippen LogP contribution in [0.25, 0.3) is 0 Å². The van der Waals surface area contributed by atoms with Crippen LogP contribution in [0.4, 0.5) is 8.78 Å². The molecule has 1 aliphatic heterocycles. The standard InChI is InChI=1S/C13H15F2NO3/c1-16-6-7(13(18)19)11(17)5-10(16)12-8(14)3-2-4-9(12)15/h2-4,7,10-11,17H,5-6H2,1H3,(H,18,19). The van der Waals surface area contributed by atoms with Crippen molar-refractivity contribution in [3.8, 4) is 0 Å². The van der Waals surface area contributed by atoms with Crippen molar-refractivity contribution in [2.45, 2.75) is 18.6 Å². The molecule has 1 heterocycles. The van der Waals surface area contributed by atoms with E-state index in [1.54, 1.807) is 11.9 Å². The van der Waals surface area contributed by atoms with Crippen molar-refractivity contribution in [2.75, 3.05) is 13.6 Å². The Labute approximate surface area is 109 Å². The number of carboxylic acid groups (broad SMARTS) is 1. The van der Waals surface area contributed by atoms with Crippen LogP contribution < -0.4 is 0 Å². The molecule has 0 aliphatic carbocycles. The Bertz CT molecular complexity index is 475. The van der Waals surface area contributed by atoms with Crippen molar-refractivity contribution in [1.82, 2.24) is 4.90 Å². The van der Waals surface area contributed by atoms with Crippen molar-refractivity contribution in [1.29, 1.82) is 0 Å². The lowest BCUT2D eigenvalue weighted by molar-refractivity contribution is -0.150. The summed E-state index contributed by atoms with van der Waals surface area (Å²) in [5.74, 6) is -3.40. The van der Waals surface area contributed by atoms with Gasteiger partial charge in [-0.3, -0.25) is 9.69 Å². The lowest BCUT2D eigenvalue weighted by Crippen LogP contribution is -2.46. The molecule has 1 aromatic rings. The van der Waals surface area contributed by atoms with Gasteiger partial charge in [0.1, 0.15) is 11.6 Å². The van der Waals surface area contributed by atoms with Gasteiger partial charge in [0, 0.05) is 18.2 Å². The molecule has 2 N–H and O–H groups in total. The summed E-state index contributed by atoms with van der Waals surface area (Å²) < 4.78 is 27.5. The second-order valence-corrected chi connectivity index (χ2v) is 4.84. The van der Waals surface area contributed by atoms with Gasteiger partial charge in [-0.1, -0.05) is 6.07 Å². The molecule has 0 spiro atoms. The number of aliphatic hydroxyl groups excluding tert-OH is 1. The van der Waals surface area contributed by atoms with Gasteiger partial charge in [0.2, 0.25) is 0 Å². The van der Waals surface area contributed by atoms with Gasteiger partial charge in [-0.25, -0.2) is 8.78 Å². The summed E-state index contributed by atoms with van der Waals surface area (Å²) in [7, 11) is 1.60. The minimum Gasteiger partial charge on any atom is -0.481 e. The molecular formula is C13H15F2NO3. The summed E-state index contributed by atoms with van der Waals surface area (Å²) in [6, 6.07) is 2.92. The van der Waals surface area contributed by atoms with E-state index in [1.165, 1.54) is 6.07 Å². The van der Waals surface area contributed by atoms with E-state index < -0.39 is 35.7 Å². The van der Waals surface area contributed by atoms with E-state index in [2.05, 4.69) is 0 Å². The van der Waals surface area contributed by atoms with Gasteiger partial charge in [-0.2, -0.15) is 0 Å². The van der Waals surface area contributed by atoms with Gasteiger partial charge in [0.15, 0.2) is 0 Å². The number of hydrogen-bond acceptors (Lipinski definition) is 3. The first-order chi connectivity index (χ1) is 8.91. The van der Waals surface area contributed by atoms with E-state index in [0.717, 1.165) is 12.1 Å². The first-order valence-electron chi connectivity index (χ1n) is 5.96. The van der Waals surface area contributed by atoms with Crippen molar-refractivity contribution < 1.29 is 23.8 Å². The Balaban J connectivity index is 2.30. The van der Waals surface area contributed by atoms with Crippen LogP contribution in [0, 0.1) is 17.6 Å². The molecule has 1 saturated heterocycles. The number of carbonyl (C=O) groups is 1. The van der Waals surface area contributed by atoms with Gasteiger partial charge in [0.25, 0.3) is 0 Å². The predicted molar refractivity (Wildman–Crippen MR) is 63.5 cm³/mol. The average molecular weight is 271 g/mol. The Morgan fingerprint density at radius 3 is 2.47 bits per heavy atom. The maximum Gasteiger partial charge on any atom is 0.310 e. The summed E-state index contributed by atoms with van der Waals surface area (Å²) in [6.07, 6.45) is -1.12. The number of aliphatic hydroxyl groups is 1. The van der Waals surface area contributed by atoms with Crippen LogP contribution in [-0.2, 0) is 4.79 Å². The van der Waals surface area contributed by atoms with Crippen LogP contribution in [-0.4, -0.2) is 40.8 Å². The highest BCUT2D eigenvalue weighted by Gasteiger charge is 2.39. The van der Waals surface area contributed by atoms with E-state index >= 15 is 0 Å². The Morgan fingerprint density at radius 1 is 1.37 bits per heavy atom. The molecule has 1 aliphatic rings. The van der Waals surface area contributed by atoms with Crippen LogP contribution in [0.15, 0.2) is 18.2 Å². The summed E-state index contributed by atoms with van der Waals surface area (Å²) >= 11 is 0. The number of hydrogen-bond donors (Lipinski definition) is 2. The molecule has 2 rings (SSSR count). The van der Waals surface area contributed by atoms with Crippen LogP contribution in [0.2, 0.25) is 0 Å². The zero-order chi connectivity index (χ0) is 14.2. The number of aliphatic carboxylic acids is 1. The molecule has 3 atom stereocenters. The fourth-order valence-corrected chi connectivity index (χ4v) is 2.54. The maximum atomic E-state index is 13.7. The maximum absolute atomic E-state index is 13.7. The quantitative estimate of drug-likeness (QED) is 0.853. The highest BCUT2D eigenvalue weighted by molar-refractivity contribution is 5.71. The molecule has 6 heteroatoms. The first-order valence-corrected chi connectivity index (χ1v) is 5.96. The second-order valence-electron chi connectivity index (χ2n) is 4.84. The summed E-state index contributed by atoms with van der Waals surface area (Å²) in [4.78, 5) is 12.5. The molecule has 0 amide bonds. The third kappa shape index (κ3) is 2.59. The largest absolute Gasteiger partial charge is 0.481 e. The third-order valence-electron chi connectivity index (χ3n) is 3.60. The van der Waals surface area contributed by atoms with Gasteiger partial charge < -0.3 is 10.2 Å². The minimum absolute atomic E-state index is 0.00861. The van der Waals surface area contributed by atoms with Gasteiger partial charge in [-0.15, -0.1) is 0 Å². The lowest BCUT2D eigenvalue weighted by Gasteiger charge is -2.39. The molecule has 0 saturated carbocycles. The lowest BCUT2D eigenvalue weighted by atomic mass is 9.86. The topological polar surface area (TPSA) is 60.8 Å². The molecule has 0 bridgehead atoms. The van der Waals surface area contributed by atoms with Gasteiger partial charge in [0.05, 0.1) is 12.0 Å². The van der Waals surface area contributed by atoms with Crippen LogP contribution in [0.1, 0.15) is 18.0 Å². The van der Waals surface area contributed by atoms with E-state index in [0.29, 0.717) is 0 Å². The third-order valence-corrected chi connectivity index (χ3v) is 3.60. The summed E-state index contributed by atoms with van der Waals surface area (Å²) in [6.45, 7) is 0.0505. The number of rotatable bonds is 2. The van der Waals surface area contributed by atoms with Crippen molar-refractivity contribution in [2.24, 2.45) is 5.92 Å². The molecular weight excluding hydrogens is 256 g/mol. The van der Waals surface area contributed by atoms with E-state index in [4.69, 9.17) is 5.11 Å². The second kappa shape index (κ2) is 5.22. The van der Waals surface area contributed by atoms with Gasteiger partial charge in [-0.05, 0) is 25.6 Å². The minimum atomic E-state index is -1.11. The number of benzene rings is 1. The molecule has 104 valence electrons. The summed E-state index contributed by atoms with van der Waals surface area (Å²) in [5, 5.41) is 18.8. The van der Waals surface area contributed by atoms with Gasteiger partial charge >= 0.3 is 5.97 Å². The highest BCUT2D eigenvalue weighted by Crippen LogP contribution is 2.35. The average Bonchev–Trinajstić information content (AvgIpc) is 2.32. The number of halogens is 2. The normalized spacial score (nSPS) is 28.3. The Kier molecular flexibility index (Phi) is 3.82. The number of carboxylic acids is 1. The van der Waals surface area contributed by atoms with Crippen molar-refractivity contribution in [3.05, 3.63) is 35.4 Å². The molecule has 1 fully saturated rings. The number of nitrogens with zero attached hydrogens (tertiary/aromatic N) is 1. The number of likely N-dealkylation sites (tertiary alicyclic amines) is 1. The molecule has 3 unspecified atom stereocenters. The molecule has 0 radical (unpaired) electrons. The van der Waals surface area contributed by atoms with Crippen LogP contribution in [0.5, 0.6) is 0 Å². The first kappa shape index (κ1) is 13.9. The monoisotopic (exact) mass is 271 g/mol. The van der Waals surface area contributed by atoms with Crippen LogP contribution >= 0.6 is 0 Å². The summed E-state index contributed by atoms with van der Waals surface area (Å²) in [5.41, 5.74) is -0.118. The molecule has 1 aromatic carbocycles. The van der Waals surface area contributed by atoms with Crippen LogP contribution in [0.3, 0.4) is 0 Å². The molecule has 0 aromatic heterocycles. The predicted octanol–water partition coefficient (Wildman–Crippen LogP) is 1.40. The fraction of sp³-hybridized carbons (Fsp3) is 0.462.